The molecule has 0 aromatic heterocycles. The van der Waals surface area contributed by atoms with E-state index in [1.165, 1.54) is 6.07 Å². The zero-order valence-corrected chi connectivity index (χ0v) is 9.26. The highest BCUT2D eigenvalue weighted by Crippen LogP contribution is 2.33. The van der Waals surface area contributed by atoms with Crippen LogP contribution in [-0.4, -0.2) is 12.9 Å². The van der Waals surface area contributed by atoms with Crippen molar-refractivity contribution in [3.8, 4) is 5.75 Å². The lowest BCUT2D eigenvalue weighted by molar-refractivity contribution is -0.275. The van der Waals surface area contributed by atoms with Gasteiger partial charge in [0.25, 0.3) is 0 Å². The molecule has 1 heterocycles. The second kappa shape index (κ2) is 4.96. The van der Waals surface area contributed by atoms with Crippen LogP contribution in [0.15, 0.2) is 24.3 Å². The van der Waals surface area contributed by atoms with Crippen LogP contribution in [0.2, 0.25) is 0 Å². The molecule has 1 saturated heterocycles. The summed E-state index contributed by atoms with van der Waals surface area (Å²) in [6.07, 6.45) is -1.69. The van der Waals surface area contributed by atoms with Crippen molar-refractivity contribution < 1.29 is 17.9 Å². The van der Waals surface area contributed by atoms with Crippen LogP contribution in [0.5, 0.6) is 5.75 Å². The molecule has 0 amide bonds. The van der Waals surface area contributed by atoms with Gasteiger partial charge in [-0.3, -0.25) is 0 Å². The second-order valence-corrected chi connectivity index (χ2v) is 4.09. The topological polar surface area (TPSA) is 21.3 Å². The first-order valence-electron chi connectivity index (χ1n) is 5.64. The van der Waals surface area contributed by atoms with Crippen LogP contribution in [0, 0.1) is 0 Å². The summed E-state index contributed by atoms with van der Waals surface area (Å²) in [5.41, 5.74) is 0.588. The Labute approximate surface area is 97.8 Å². The van der Waals surface area contributed by atoms with Gasteiger partial charge in [0, 0.05) is 11.6 Å². The monoisotopic (exact) mass is 245 g/mol. The number of hydrogen-bond acceptors (Lipinski definition) is 2. The van der Waals surface area contributed by atoms with E-state index in [0.717, 1.165) is 25.8 Å². The van der Waals surface area contributed by atoms with Crippen LogP contribution in [0.3, 0.4) is 0 Å². The van der Waals surface area contributed by atoms with E-state index in [9.17, 15) is 13.2 Å². The number of alkyl halides is 3. The number of para-hydroxylation sites is 1. The van der Waals surface area contributed by atoms with Crippen LogP contribution < -0.4 is 10.1 Å². The summed E-state index contributed by atoms with van der Waals surface area (Å²) in [6, 6.07) is 6.29. The lowest BCUT2D eigenvalue weighted by Gasteiger charge is -2.25. The highest BCUT2D eigenvalue weighted by atomic mass is 19.4. The number of rotatable bonds is 2. The lowest BCUT2D eigenvalue weighted by atomic mass is 9.97. The summed E-state index contributed by atoms with van der Waals surface area (Å²) in [7, 11) is 0. The molecule has 1 N–H and O–H groups in total. The van der Waals surface area contributed by atoms with Crippen molar-refractivity contribution in [2.24, 2.45) is 0 Å². The molecule has 17 heavy (non-hydrogen) atoms. The van der Waals surface area contributed by atoms with Crippen LogP contribution in [0.1, 0.15) is 30.9 Å². The Morgan fingerprint density at radius 2 is 1.94 bits per heavy atom. The molecule has 1 aliphatic heterocycles. The van der Waals surface area contributed by atoms with Gasteiger partial charge >= 0.3 is 6.36 Å². The third kappa shape index (κ3) is 3.36. The smallest absolute Gasteiger partial charge is 0.405 e. The van der Waals surface area contributed by atoms with Gasteiger partial charge in [-0.2, -0.15) is 0 Å². The fraction of sp³-hybridized carbons (Fsp3) is 0.500. The first-order valence-corrected chi connectivity index (χ1v) is 5.64. The molecule has 2 nitrogen and oxygen atoms in total. The largest absolute Gasteiger partial charge is 0.573 e. The molecule has 0 saturated carbocycles. The Hall–Kier alpha value is -1.23. The zero-order valence-electron chi connectivity index (χ0n) is 9.26. The van der Waals surface area contributed by atoms with Gasteiger partial charge in [0.15, 0.2) is 0 Å². The normalized spacial score (nSPS) is 21.2. The van der Waals surface area contributed by atoms with E-state index in [2.05, 4.69) is 10.1 Å². The van der Waals surface area contributed by atoms with Crippen molar-refractivity contribution in [1.82, 2.24) is 5.32 Å². The minimum Gasteiger partial charge on any atom is -0.405 e. The predicted octanol–water partition coefficient (Wildman–Crippen LogP) is 3.40. The van der Waals surface area contributed by atoms with E-state index in [4.69, 9.17) is 0 Å². The Morgan fingerprint density at radius 3 is 2.59 bits per heavy atom. The number of benzene rings is 1. The lowest BCUT2D eigenvalue weighted by Crippen LogP contribution is -2.28. The molecule has 1 atom stereocenters. The van der Waals surface area contributed by atoms with Crippen molar-refractivity contribution in [1.29, 1.82) is 0 Å². The van der Waals surface area contributed by atoms with Crippen LogP contribution >= 0.6 is 0 Å². The Morgan fingerprint density at radius 1 is 1.18 bits per heavy atom. The number of nitrogens with one attached hydrogen (secondary N) is 1. The highest BCUT2D eigenvalue weighted by molar-refractivity contribution is 5.36. The Balaban J connectivity index is 2.20. The van der Waals surface area contributed by atoms with E-state index in [1.54, 1.807) is 18.2 Å². The molecule has 1 fully saturated rings. The number of hydrogen-bond donors (Lipinski definition) is 1. The summed E-state index contributed by atoms with van der Waals surface area (Å²) < 4.78 is 40.8. The van der Waals surface area contributed by atoms with Crippen molar-refractivity contribution in [2.75, 3.05) is 6.54 Å². The van der Waals surface area contributed by atoms with Crippen molar-refractivity contribution in [3.05, 3.63) is 29.8 Å². The van der Waals surface area contributed by atoms with Gasteiger partial charge in [-0.15, -0.1) is 13.2 Å². The maximum atomic E-state index is 12.2. The molecule has 94 valence electrons. The van der Waals surface area contributed by atoms with Crippen molar-refractivity contribution in [3.63, 3.8) is 0 Å². The molecule has 1 aromatic rings. The van der Waals surface area contributed by atoms with Crippen LogP contribution in [0.4, 0.5) is 13.2 Å². The minimum absolute atomic E-state index is 0.0395. The zero-order chi connectivity index (χ0) is 12.3. The van der Waals surface area contributed by atoms with Crippen molar-refractivity contribution >= 4 is 0 Å². The van der Waals surface area contributed by atoms with Gasteiger partial charge in [-0.1, -0.05) is 24.6 Å². The van der Waals surface area contributed by atoms with E-state index in [1.807, 2.05) is 0 Å². The maximum absolute atomic E-state index is 12.2. The predicted molar refractivity (Wildman–Crippen MR) is 57.7 cm³/mol. The second-order valence-electron chi connectivity index (χ2n) is 4.09. The highest BCUT2D eigenvalue weighted by Gasteiger charge is 2.33. The van der Waals surface area contributed by atoms with E-state index < -0.39 is 6.36 Å². The molecule has 0 unspecified atom stereocenters. The maximum Gasteiger partial charge on any atom is 0.573 e. The molecule has 2 rings (SSSR count). The average Bonchev–Trinajstić information content (AvgIpc) is 2.29. The molecular formula is C12H14F3NO. The summed E-state index contributed by atoms with van der Waals surface area (Å²) in [4.78, 5) is 0. The standard InChI is InChI=1S/C12H14F3NO/c13-12(14,15)17-11-7-2-1-5-9(11)10-6-3-4-8-16-10/h1-2,5,7,10,16H,3-4,6,8H2/t10-/m0/s1. The fourth-order valence-electron chi connectivity index (χ4n) is 2.10. The molecule has 1 aliphatic rings. The van der Waals surface area contributed by atoms with Crippen LogP contribution in [0.25, 0.3) is 0 Å². The van der Waals surface area contributed by atoms with E-state index >= 15 is 0 Å². The van der Waals surface area contributed by atoms with Crippen molar-refractivity contribution in [2.45, 2.75) is 31.7 Å². The fourth-order valence-corrected chi connectivity index (χ4v) is 2.10. The quantitative estimate of drug-likeness (QED) is 0.862. The summed E-state index contributed by atoms with van der Waals surface area (Å²) in [5.74, 6) is -0.0978. The number of ether oxygens (including phenoxy) is 1. The molecule has 0 aliphatic carbocycles. The summed E-state index contributed by atoms with van der Waals surface area (Å²) >= 11 is 0. The Bertz CT molecular complexity index is 372. The van der Waals surface area contributed by atoms with Gasteiger partial charge in [0.2, 0.25) is 0 Å². The minimum atomic E-state index is -4.63. The van der Waals surface area contributed by atoms with Gasteiger partial charge < -0.3 is 10.1 Å². The van der Waals surface area contributed by atoms with E-state index in [0.29, 0.717) is 5.56 Å². The SMILES string of the molecule is FC(F)(F)Oc1ccccc1[C@@H]1CCCCN1. The third-order valence-electron chi connectivity index (χ3n) is 2.83. The molecule has 5 heteroatoms. The molecule has 0 spiro atoms. The van der Waals surface area contributed by atoms with Gasteiger partial charge in [-0.25, -0.2) is 0 Å². The van der Waals surface area contributed by atoms with Crippen LogP contribution in [-0.2, 0) is 0 Å². The molecular weight excluding hydrogens is 231 g/mol. The molecule has 1 aromatic carbocycles. The van der Waals surface area contributed by atoms with Gasteiger partial charge in [0.05, 0.1) is 0 Å². The number of piperidine rings is 1. The number of halogens is 3. The summed E-state index contributed by atoms with van der Waals surface area (Å²) in [6.45, 7) is 0.838. The van der Waals surface area contributed by atoms with Gasteiger partial charge in [0.1, 0.15) is 5.75 Å². The average molecular weight is 245 g/mol. The summed E-state index contributed by atoms with van der Waals surface area (Å²) in [5, 5.41) is 3.21. The van der Waals surface area contributed by atoms with E-state index in [-0.39, 0.29) is 11.8 Å². The first kappa shape index (κ1) is 12.2. The molecule has 0 radical (unpaired) electrons. The third-order valence-corrected chi connectivity index (χ3v) is 2.83. The first-order chi connectivity index (χ1) is 8.06. The Kier molecular flexibility index (Phi) is 3.57. The van der Waals surface area contributed by atoms with Gasteiger partial charge in [-0.05, 0) is 25.5 Å². The molecule has 0 bridgehead atoms.